The van der Waals surface area contributed by atoms with Crippen molar-refractivity contribution >= 4 is 25.2 Å². The van der Waals surface area contributed by atoms with Crippen molar-refractivity contribution in [3.63, 3.8) is 0 Å². The summed E-state index contributed by atoms with van der Waals surface area (Å²) in [6, 6.07) is 7.43. The number of nitrogens with zero attached hydrogens (tertiary/aromatic N) is 1. The highest BCUT2D eigenvalue weighted by Crippen LogP contribution is 2.40. The molecule has 1 fully saturated rings. The quantitative estimate of drug-likeness (QED) is 0.693. The van der Waals surface area contributed by atoms with Crippen LogP contribution in [0.3, 0.4) is 0 Å². The Hall–Kier alpha value is -2.07. The van der Waals surface area contributed by atoms with Crippen LogP contribution in [-0.4, -0.2) is 47.6 Å². The largest absolute Gasteiger partial charge is 0.497 e. The van der Waals surface area contributed by atoms with E-state index in [0.29, 0.717) is 12.2 Å². The summed E-state index contributed by atoms with van der Waals surface area (Å²) in [6.07, 6.45) is -4.26. The Morgan fingerprint density at radius 3 is 2.39 bits per heavy atom. The molecule has 0 radical (unpaired) electrons. The molecule has 31 heavy (non-hydrogen) atoms. The minimum absolute atomic E-state index is 0.205. The zero-order valence-electron chi connectivity index (χ0n) is 17.9. The van der Waals surface area contributed by atoms with Gasteiger partial charge in [0, 0.05) is 17.6 Å². The molecule has 166 valence electrons. The smallest absolute Gasteiger partial charge is 0.494 e. The maximum Gasteiger partial charge on any atom is 0.494 e. The van der Waals surface area contributed by atoms with E-state index in [1.54, 1.807) is 32.0 Å². The molecule has 0 amide bonds. The standard InChI is InChI=1S/C20H24B2F3NO5/c1-12-8-14(10-17(26-12)20(23,24)25)22-30-18(2,3)19(4,31-22)11-13-6-7-16(29-5)15(9-13)21(27)28/h6-10,27-28H,11H2,1-5H3. The highest BCUT2D eigenvalue weighted by Gasteiger charge is 2.55. The zero-order valence-corrected chi connectivity index (χ0v) is 17.9. The van der Waals surface area contributed by atoms with Gasteiger partial charge in [-0.1, -0.05) is 12.1 Å². The topological polar surface area (TPSA) is 81.0 Å². The van der Waals surface area contributed by atoms with Gasteiger partial charge in [-0.05, 0) is 56.9 Å². The van der Waals surface area contributed by atoms with Crippen molar-refractivity contribution in [2.24, 2.45) is 0 Å². The van der Waals surface area contributed by atoms with Crippen molar-refractivity contribution in [2.45, 2.75) is 51.5 Å². The number of benzene rings is 1. The first-order valence-corrected chi connectivity index (χ1v) is 9.70. The Morgan fingerprint density at radius 2 is 1.81 bits per heavy atom. The molecule has 0 aliphatic carbocycles. The molecule has 1 aliphatic rings. The number of alkyl halides is 3. The molecule has 0 saturated carbocycles. The summed E-state index contributed by atoms with van der Waals surface area (Å²) in [5.41, 5.74) is -1.40. The van der Waals surface area contributed by atoms with Crippen LogP contribution in [0.15, 0.2) is 30.3 Å². The molecule has 1 unspecified atom stereocenters. The summed E-state index contributed by atoms with van der Waals surface area (Å²) >= 11 is 0. The lowest BCUT2D eigenvalue weighted by Crippen LogP contribution is -2.46. The van der Waals surface area contributed by atoms with E-state index in [0.717, 1.165) is 11.6 Å². The van der Waals surface area contributed by atoms with E-state index >= 15 is 0 Å². The Labute approximate surface area is 179 Å². The van der Waals surface area contributed by atoms with Crippen LogP contribution in [0.5, 0.6) is 5.75 Å². The number of rotatable bonds is 5. The Morgan fingerprint density at radius 1 is 1.13 bits per heavy atom. The van der Waals surface area contributed by atoms with Crippen molar-refractivity contribution in [1.29, 1.82) is 0 Å². The van der Waals surface area contributed by atoms with Gasteiger partial charge in [-0.2, -0.15) is 13.2 Å². The lowest BCUT2D eigenvalue weighted by Gasteiger charge is -2.36. The highest BCUT2D eigenvalue weighted by molar-refractivity contribution is 6.62. The van der Waals surface area contributed by atoms with Crippen LogP contribution >= 0.6 is 0 Å². The molecule has 1 aliphatic heterocycles. The molecule has 1 aromatic carbocycles. The van der Waals surface area contributed by atoms with Gasteiger partial charge in [0.15, 0.2) is 0 Å². The Balaban J connectivity index is 1.92. The summed E-state index contributed by atoms with van der Waals surface area (Å²) in [5.74, 6) is 0.330. The molecular weight excluding hydrogens is 413 g/mol. The maximum atomic E-state index is 13.2. The van der Waals surface area contributed by atoms with Gasteiger partial charge in [-0.25, -0.2) is 4.98 Å². The monoisotopic (exact) mass is 437 g/mol. The predicted octanol–water partition coefficient (Wildman–Crippen LogP) is 1.62. The SMILES string of the molecule is COc1ccc(CC2(C)OB(c3cc(C)nc(C(F)(F)F)c3)OC2(C)C)cc1B(O)O. The highest BCUT2D eigenvalue weighted by atomic mass is 19.4. The molecule has 2 heterocycles. The summed E-state index contributed by atoms with van der Waals surface area (Å²) in [4.78, 5) is 3.56. The maximum absolute atomic E-state index is 13.2. The van der Waals surface area contributed by atoms with Crippen LogP contribution < -0.4 is 15.7 Å². The second-order valence-corrected chi connectivity index (χ2v) is 8.36. The minimum Gasteiger partial charge on any atom is -0.497 e. The van der Waals surface area contributed by atoms with E-state index in [2.05, 4.69) is 4.98 Å². The van der Waals surface area contributed by atoms with E-state index in [4.69, 9.17) is 14.0 Å². The average Bonchev–Trinajstić information content (AvgIpc) is 2.89. The van der Waals surface area contributed by atoms with E-state index in [9.17, 15) is 23.2 Å². The van der Waals surface area contributed by atoms with Crippen molar-refractivity contribution in [2.75, 3.05) is 7.11 Å². The van der Waals surface area contributed by atoms with Gasteiger partial charge in [0.05, 0.1) is 18.3 Å². The van der Waals surface area contributed by atoms with Crippen molar-refractivity contribution < 1.29 is 37.3 Å². The molecule has 1 aromatic heterocycles. The fourth-order valence-electron chi connectivity index (χ4n) is 3.65. The third kappa shape index (κ3) is 4.74. The fraction of sp³-hybridized carbons (Fsp3) is 0.450. The molecule has 2 N–H and O–H groups in total. The Bertz CT molecular complexity index is 970. The number of aryl methyl sites for hydroxylation is 1. The van der Waals surface area contributed by atoms with E-state index in [1.165, 1.54) is 20.1 Å². The summed E-state index contributed by atoms with van der Waals surface area (Å²) in [5, 5.41) is 19.2. The molecule has 0 spiro atoms. The van der Waals surface area contributed by atoms with E-state index in [1.807, 2.05) is 6.92 Å². The van der Waals surface area contributed by atoms with Gasteiger partial charge in [0.1, 0.15) is 11.4 Å². The summed E-state index contributed by atoms with van der Waals surface area (Å²) < 4.78 is 56.9. The first kappa shape index (κ1) is 23.6. The van der Waals surface area contributed by atoms with Crippen LogP contribution in [0.4, 0.5) is 13.2 Å². The van der Waals surface area contributed by atoms with Gasteiger partial charge in [0.25, 0.3) is 0 Å². The zero-order chi connectivity index (χ0) is 23.2. The van der Waals surface area contributed by atoms with Crippen LogP contribution in [0.2, 0.25) is 0 Å². The number of hydrogen-bond acceptors (Lipinski definition) is 6. The first-order valence-electron chi connectivity index (χ1n) is 9.70. The van der Waals surface area contributed by atoms with Crippen LogP contribution in [0, 0.1) is 6.92 Å². The lowest BCUT2D eigenvalue weighted by atomic mass is 9.76. The van der Waals surface area contributed by atoms with Crippen molar-refractivity contribution in [3.05, 3.63) is 47.3 Å². The number of methoxy groups -OCH3 is 1. The van der Waals surface area contributed by atoms with Gasteiger partial charge in [0.2, 0.25) is 0 Å². The number of ether oxygens (including phenoxy) is 1. The third-order valence-electron chi connectivity index (χ3n) is 5.69. The predicted molar refractivity (Wildman–Crippen MR) is 111 cm³/mol. The number of pyridine rings is 1. The average molecular weight is 437 g/mol. The van der Waals surface area contributed by atoms with Crippen LogP contribution in [0.25, 0.3) is 0 Å². The summed E-state index contributed by atoms with van der Waals surface area (Å²) in [7, 11) is -1.30. The van der Waals surface area contributed by atoms with E-state index < -0.39 is 37.3 Å². The van der Waals surface area contributed by atoms with Gasteiger partial charge < -0.3 is 24.1 Å². The Kier molecular flexibility index (Phi) is 6.18. The van der Waals surface area contributed by atoms with Crippen LogP contribution in [-0.2, 0) is 21.9 Å². The lowest BCUT2D eigenvalue weighted by molar-refractivity contribution is -0.141. The van der Waals surface area contributed by atoms with Gasteiger partial charge in [-0.15, -0.1) is 0 Å². The van der Waals surface area contributed by atoms with Crippen molar-refractivity contribution in [1.82, 2.24) is 4.98 Å². The number of halogens is 3. The normalized spacial score (nSPS) is 20.8. The molecule has 11 heteroatoms. The number of aromatic nitrogens is 1. The van der Waals surface area contributed by atoms with E-state index in [-0.39, 0.29) is 16.6 Å². The first-order chi connectivity index (χ1) is 14.3. The van der Waals surface area contributed by atoms with Crippen molar-refractivity contribution in [3.8, 4) is 5.75 Å². The molecule has 6 nitrogen and oxygen atoms in total. The van der Waals surface area contributed by atoms with Crippen LogP contribution in [0.1, 0.15) is 37.7 Å². The fourth-order valence-corrected chi connectivity index (χ4v) is 3.65. The second kappa shape index (κ2) is 8.12. The van der Waals surface area contributed by atoms with Gasteiger partial charge >= 0.3 is 20.4 Å². The molecule has 1 atom stereocenters. The molecule has 3 rings (SSSR count). The number of hydrogen-bond donors (Lipinski definition) is 2. The van der Waals surface area contributed by atoms with Gasteiger partial charge in [-0.3, -0.25) is 0 Å². The summed E-state index contributed by atoms with van der Waals surface area (Å²) in [6.45, 7) is 6.90. The third-order valence-corrected chi connectivity index (χ3v) is 5.69. The molecule has 2 aromatic rings. The second-order valence-electron chi connectivity index (χ2n) is 8.36. The molecule has 1 saturated heterocycles. The minimum atomic E-state index is -4.58. The molecule has 0 bridgehead atoms. The molecular formula is C20H24B2F3NO5.